The molecule has 1 N–H and O–H groups in total. The van der Waals surface area contributed by atoms with Crippen molar-refractivity contribution in [2.45, 2.75) is 13.0 Å². The van der Waals surface area contributed by atoms with Crippen molar-refractivity contribution in [3.05, 3.63) is 16.4 Å². The van der Waals surface area contributed by atoms with E-state index in [2.05, 4.69) is 25.9 Å². The van der Waals surface area contributed by atoms with Crippen molar-refractivity contribution in [3.8, 4) is 0 Å². The van der Waals surface area contributed by atoms with Gasteiger partial charge in [0.1, 0.15) is 0 Å². The van der Waals surface area contributed by atoms with Crippen LogP contribution in [0.5, 0.6) is 0 Å². The lowest BCUT2D eigenvalue weighted by Crippen LogP contribution is -2.51. The Kier molecular flexibility index (Phi) is 2.21. The molecule has 0 bridgehead atoms. The smallest absolute Gasteiger partial charge is 0.225 e. The molecule has 5 heteroatoms. The lowest BCUT2D eigenvalue weighted by molar-refractivity contribution is 0.140. The van der Waals surface area contributed by atoms with Gasteiger partial charge in [-0.25, -0.2) is 9.97 Å². The van der Waals surface area contributed by atoms with Gasteiger partial charge in [-0.05, 0) is 22.9 Å². The highest BCUT2D eigenvalue weighted by Gasteiger charge is 2.26. The minimum Gasteiger partial charge on any atom is -0.389 e. The van der Waals surface area contributed by atoms with Crippen molar-refractivity contribution in [1.82, 2.24) is 9.97 Å². The van der Waals surface area contributed by atoms with Crippen LogP contribution in [-0.2, 0) is 0 Å². The van der Waals surface area contributed by atoms with Crippen molar-refractivity contribution < 1.29 is 5.11 Å². The Hall–Kier alpha value is -0.680. The number of rotatable bonds is 1. The Morgan fingerprint density at radius 1 is 1.62 bits per heavy atom. The van der Waals surface area contributed by atoms with Gasteiger partial charge in [0.05, 0.1) is 16.3 Å². The Labute approximate surface area is 84.7 Å². The first kappa shape index (κ1) is 8.90. The van der Waals surface area contributed by atoms with Crippen molar-refractivity contribution in [1.29, 1.82) is 0 Å². The Morgan fingerprint density at radius 2 is 2.31 bits per heavy atom. The summed E-state index contributed by atoms with van der Waals surface area (Å²) in [5.74, 6) is 0.700. The minimum atomic E-state index is -0.215. The molecule has 2 heterocycles. The fourth-order valence-corrected chi connectivity index (χ4v) is 1.40. The molecule has 70 valence electrons. The highest BCUT2D eigenvalue weighted by atomic mass is 79.9. The topological polar surface area (TPSA) is 49.2 Å². The maximum Gasteiger partial charge on any atom is 0.225 e. The predicted octanol–water partition coefficient (Wildman–Crippen LogP) is 0.728. The van der Waals surface area contributed by atoms with Gasteiger partial charge in [0.2, 0.25) is 5.95 Å². The van der Waals surface area contributed by atoms with Gasteiger partial charge in [-0.15, -0.1) is 0 Å². The Balaban J connectivity index is 2.18. The van der Waals surface area contributed by atoms with E-state index in [4.69, 9.17) is 5.11 Å². The molecule has 0 spiro atoms. The molecule has 0 aliphatic carbocycles. The fraction of sp³-hybridized carbons (Fsp3) is 0.500. The lowest BCUT2D eigenvalue weighted by atomic mass is 10.2. The third-order valence-electron chi connectivity index (χ3n) is 2.05. The van der Waals surface area contributed by atoms with E-state index in [9.17, 15) is 0 Å². The molecular weight excluding hydrogens is 234 g/mol. The molecule has 0 unspecified atom stereocenters. The number of nitrogens with zero attached hydrogens (tertiary/aromatic N) is 3. The zero-order valence-corrected chi connectivity index (χ0v) is 8.82. The van der Waals surface area contributed by atoms with Gasteiger partial charge in [-0.3, -0.25) is 0 Å². The van der Waals surface area contributed by atoms with E-state index in [0.717, 1.165) is 10.2 Å². The van der Waals surface area contributed by atoms with Crippen molar-refractivity contribution in [2.24, 2.45) is 0 Å². The largest absolute Gasteiger partial charge is 0.389 e. The number of anilines is 1. The SMILES string of the molecule is Cc1nc(N2CC(O)C2)ncc1Br. The van der Waals surface area contributed by atoms with Gasteiger partial charge in [-0.2, -0.15) is 0 Å². The summed E-state index contributed by atoms with van der Waals surface area (Å²) in [6.45, 7) is 3.20. The molecule has 1 aliphatic rings. The summed E-state index contributed by atoms with van der Waals surface area (Å²) < 4.78 is 0.914. The molecule has 1 aliphatic heterocycles. The van der Waals surface area contributed by atoms with E-state index in [1.54, 1.807) is 6.20 Å². The molecule has 1 aromatic heterocycles. The van der Waals surface area contributed by atoms with Crippen LogP contribution in [0.2, 0.25) is 0 Å². The van der Waals surface area contributed by atoms with E-state index >= 15 is 0 Å². The second kappa shape index (κ2) is 3.23. The van der Waals surface area contributed by atoms with Crippen LogP contribution >= 0.6 is 15.9 Å². The van der Waals surface area contributed by atoms with Crippen LogP contribution in [0.15, 0.2) is 10.7 Å². The van der Waals surface area contributed by atoms with Gasteiger partial charge >= 0.3 is 0 Å². The van der Waals surface area contributed by atoms with Gasteiger partial charge in [0, 0.05) is 19.3 Å². The summed E-state index contributed by atoms with van der Waals surface area (Å²) in [5.41, 5.74) is 0.923. The van der Waals surface area contributed by atoms with Crippen molar-refractivity contribution in [3.63, 3.8) is 0 Å². The Bertz CT molecular complexity index is 325. The summed E-state index contributed by atoms with van der Waals surface area (Å²) >= 11 is 3.34. The molecule has 0 atom stereocenters. The molecule has 1 saturated heterocycles. The first-order valence-corrected chi connectivity index (χ1v) is 4.88. The van der Waals surface area contributed by atoms with Gasteiger partial charge in [0.15, 0.2) is 0 Å². The Morgan fingerprint density at radius 3 is 2.85 bits per heavy atom. The summed E-state index contributed by atoms with van der Waals surface area (Å²) in [6.07, 6.45) is 1.52. The third-order valence-corrected chi connectivity index (χ3v) is 2.83. The molecule has 0 saturated carbocycles. The van der Waals surface area contributed by atoms with Gasteiger partial charge < -0.3 is 10.0 Å². The van der Waals surface area contributed by atoms with Crippen LogP contribution in [0.4, 0.5) is 5.95 Å². The standard InChI is InChI=1S/C8H10BrN3O/c1-5-7(9)2-10-8(11-5)12-3-6(13)4-12/h2,6,13H,3-4H2,1H3. The number of aliphatic hydroxyl groups is 1. The number of aryl methyl sites for hydroxylation is 1. The van der Waals surface area contributed by atoms with Crippen molar-refractivity contribution in [2.75, 3.05) is 18.0 Å². The second-order valence-electron chi connectivity index (χ2n) is 3.16. The number of hydrogen-bond acceptors (Lipinski definition) is 4. The van der Waals surface area contributed by atoms with Crippen molar-refractivity contribution >= 4 is 21.9 Å². The molecule has 1 aromatic rings. The van der Waals surface area contributed by atoms with Crippen LogP contribution in [0.25, 0.3) is 0 Å². The highest BCUT2D eigenvalue weighted by Crippen LogP contribution is 2.19. The van der Waals surface area contributed by atoms with Crippen LogP contribution in [0.3, 0.4) is 0 Å². The van der Waals surface area contributed by atoms with Crippen LogP contribution < -0.4 is 4.90 Å². The average molecular weight is 244 g/mol. The maximum atomic E-state index is 9.10. The predicted molar refractivity (Wildman–Crippen MR) is 52.7 cm³/mol. The van der Waals surface area contributed by atoms with E-state index in [1.807, 2.05) is 11.8 Å². The number of halogens is 1. The van der Waals surface area contributed by atoms with Crippen LogP contribution in [0.1, 0.15) is 5.69 Å². The van der Waals surface area contributed by atoms with Crippen LogP contribution in [-0.4, -0.2) is 34.3 Å². The molecule has 0 aromatic carbocycles. The summed E-state index contributed by atoms with van der Waals surface area (Å²) in [4.78, 5) is 10.4. The first-order chi connectivity index (χ1) is 6.16. The second-order valence-corrected chi connectivity index (χ2v) is 4.02. The number of hydrogen-bond donors (Lipinski definition) is 1. The number of aromatic nitrogens is 2. The van der Waals surface area contributed by atoms with E-state index in [1.165, 1.54) is 0 Å². The molecule has 2 rings (SSSR count). The summed E-state index contributed by atoms with van der Waals surface area (Å²) in [7, 11) is 0. The molecule has 1 fully saturated rings. The fourth-order valence-electron chi connectivity index (χ4n) is 1.21. The first-order valence-electron chi connectivity index (χ1n) is 4.09. The van der Waals surface area contributed by atoms with Gasteiger partial charge in [0.25, 0.3) is 0 Å². The third kappa shape index (κ3) is 1.66. The number of aliphatic hydroxyl groups excluding tert-OH is 1. The highest BCUT2D eigenvalue weighted by molar-refractivity contribution is 9.10. The molecule has 13 heavy (non-hydrogen) atoms. The molecule has 4 nitrogen and oxygen atoms in total. The average Bonchev–Trinajstić information content (AvgIpc) is 2.05. The molecule has 0 radical (unpaired) electrons. The zero-order chi connectivity index (χ0) is 9.42. The minimum absolute atomic E-state index is 0.215. The number of β-amino-alcohol motifs (C(OH)–C–C–N with tert-alkyl or cyclic N) is 1. The summed E-state index contributed by atoms with van der Waals surface area (Å²) in [6, 6.07) is 0. The normalized spacial score (nSPS) is 17.3. The molecule has 0 amide bonds. The van der Waals surface area contributed by atoms with E-state index in [0.29, 0.717) is 19.0 Å². The monoisotopic (exact) mass is 243 g/mol. The lowest BCUT2D eigenvalue weighted by Gasteiger charge is -2.35. The molecular formula is C8H10BrN3O. The van der Waals surface area contributed by atoms with E-state index < -0.39 is 0 Å². The quantitative estimate of drug-likeness (QED) is 0.791. The summed E-state index contributed by atoms with van der Waals surface area (Å²) in [5, 5.41) is 9.10. The van der Waals surface area contributed by atoms with Crippen LogP contribution in [0, 0.1) is 6.92 Å². The van der Waals surface area contributed by atoms with E-state index in [-0.39, 0.29) is 6.10 Å². The maximum absolute atomic E-state index is 9.10. The zero-order valence-electron chi connectivity index (χ0n) is 7.24. The van der Waals surface area contributed by atoms with Gasteiger partial charge in [-0.1, -0.05) is 0 Å².